The molecule has 0 unspecified atom stereocenters. The van der Waals surface area contributed by atoms with Gasteiger partial charge in [-0.1, -0.05) is 6.92 Å². The quantitative estimate of drug-likeness (QED) is 0.526. The van der Waals surface area contributed by atoms with E-state index in [1.807, 2.05) is 13.0 Å². The van der Waals surface area contributed by atoms with E-state index in [4.69, 9.17) is 5.26 Å². The van der Waals surface area contributed by atoms with Crippen molar-refractivity contribution in [2.24, 2.45) is 0 Å². The molecule has 9 heavy (non-hydrogen) atoms. The minimum absolute atomic E-state index is 0.334. The van der Waals surface area contributed by atoms with E-state index in [1.54, 1.807) is 4.90 Å². The van der Waals surface area contributed by atoms with Crippen LogP contribution >= 0.6 is 0 Å². The molecule has 2 nitrogen and oxygen atoms in total. The molecule has 0 amide bonds. The molecule has 0 rings (SSSR count). The Morgan fingerprint density at radius 3 is 2.67 bits per heavy atom. The molecule has 0 spiro atoms. The van der Waals surface area contributed by atoms with E-state index in [2.05, 4.69) is 0 Å². The maximum Gasteiger partial charge on any atom is 0.102 e. The van der Waals surface area contributed by atoms with Crippen molar-refractivity contribution in [1.29, 1.82) is 5.26 Å². The van der Waals surface area contributed by atoms with Crippen molar-refractivity contribution in [1.82, 2.24) is 4.90 Å². The van der Waals surface area contributed by atoms with E-state index in [-0.39, 0.29) is 6.67 Å². The standard InChI is InChI=1S/C6H11FN2/c1-2-9(5-3-7)6-4-8/h2-3,5-6H2,1H3. The third-order valence-electron chi connectivity index (χ3n) is 1.14. The Hall–Kier alpha value is -0.620. The van der Waals surface area contributed by atoms with Gasteiger partial charge in [0.25, 0.3) is 0 Å². The first kappa shape index (κ1) is 8.38. The van der Waals surface area contributed by atoms with Gasteiger partial charge in [0.1, 0.15) is 6.67 Å². The Balaban J connectivity index is 3.32. The summed E-state index contributed by atoms with van der Waals surface area (Å²) in [4.78, 5) is 1.75. The summed E-state index contributed by atoms with van der Waals surface area (Å²) >= 11 is 0. The van der Waals surface area contributed by atoms with Crippen LogP contribution in [0.1, 0.15) is 6.92 Å². The van der Waals surface area contributed by atoms with Crippen LogP contribution in [0.4, 0.5) is 4.39 Å². The van der Waals surface area contributed by atoms with Gasteiger partial charge in [-0.3, -0.25) is 4.90 Å². The van der Waals surface area contributed by atoms with E-state index in [1.165, 1.54) is 0 Å². The second-order valence-corrected chi connectivity index (χ2v) is 1.72. The first-order valence-electron chi connectivity index (χ1n) is 3.00. The van der Waals surface area contributed by atoms with Gasteiger partial charge < -0.3 is 0 Å². The fourth-order valence-corrected chi connectivity index (χ4v) is 0.568. The minimum atomic E-state index is -0.366. The van der Waals surface area contributed by atoms with Crippen molar-refractivity contribution in [2.45, 2.75) is 6.92 Å². The Kier molecular flexibility index (Phi) is 5.14. The topological polar surface area (TPSA) is 27.0 Å². The van der Waals surface area contributed by atoms with Gasteiger partial charge in [0.05, 0.1) is 12.6 Å². The largest absolute Gasteiger partial charge is 0.288 e. The van der Waals surface area contributed by atoms with Crippen LogP contribution in [0.15, 0.2) is 0 Å². The summed E-state index contributed by atoms with van der Waals surface area (Å²) in [5.41, 5.74) is 0. The van der Waals surface area contributed by atoms with Crippen molar-refractivity contribution in [2.75, 3.05) is 26.3 Å². The molecule has 3 heteroatoms. The van der Waals surface area contributed by atoms with Crippen molar-refractivity contribution >= 4 is 0 Å². The van der Waals surface area contributed by atoms with Gasteiger partial charge in [0.15, 0.2) is 0 Å². The van der Waals surface area contributed by atoms with Gasteiger partial charge in [0.2, 0.25) is 0 Å². The lowest BCUT2D eigenvalue weighted by Gasteiger charge is -2.12. The average Bonchev–Trinajstić information content (AvgIpc) is 1.88. The lowest BCUT2D eigenvalue weighted by atomic mass is 10.5. The number of hydrogen-bond acceptors (Lipinski definition) is 2. The van der Waals surface area contributed by atoms with Crippen molar-refractivity contribution in [3.05, 3.63) is 0 Å². The van der Waals surface area contributed by atoms with Gasteiger partial charge in [0, 0.05) is 6.54 Å². The van der Waals surface area contributed by atoms with Crippen LogP contribution in [-0.4, -0.2) is 31.2 Å². The molecule has 0 atom stereocenters. The zero-order chi connectivity index (χ0) is 7.11. The number of hydrogen-bond donors (Lipinski definition) is 0. The highest BCUT2D eigenvalue weighted by Gasteiger charge is 1.97. The molecule has 0 aromatic carbocycles. The van der Waals surface area contributed by atoms with Crippen molar-refractivity contribution in [3.63, 3.8) is 0 Å². The molecule has 0 aromatic heterocycles. The number of rotatable bonds is 4. The number of halogens is 1. The maximum absolute atomic E-state index is 11.6. The van der Waals surface area contributed by atoms with Gasteiger partial charge in [-0.25, -0.2) is 4.39 Å². The molecule has 0 bridgehead atoms. The zero-order valence-electron chi connectivity index (χ0n) is 5.60. The molecule has 0 aliphatic carbocycles. The van der Waals surface area contributed by atoms with Crippen LogP contribution in [0.2, 0.25) is 0 Å². The molecule has 0 aromatic rings. The highest BCUT2D eigenvalue weighted by atomic mass is 19.1. The van der Waals surface area contributed by atoms with Crippen LogP contribution in [0.3, 0.4) is 0 Å². The van der Waals surface area contributed by atoms with Gasteiger partial charge >= 0.3 is 0 Å². The second kappa shape index (κ2) is 5.52. The predicted molar refractivity (Wildman–Crippen MR) is 33.7 cm³/mol. The maximum atomic E-state index is 11.6. The summed E-state index contributed by atoms with van der Waals surface area (Å²) in [6.07, 6.45) is 0. The summed E-state index contributed by atoms with van der Waals surface area (Å²) in [6.45, 7) is 3.00. The molecule has 0 heterocycles. The monoisotopic (exact) mass is 130 g/mol. The Labute approximate surface area is 54.9 Å². The summed E-state index contributed by atoms with van der Waals surface area (Å²) in [5.74, 6) is 0. The highest BCUT2D eigenvalue weighted by Crippen LogP contribution is 1.84. The molecule has 52 valence electrons. The lowest BCUT2D eigenvalue weighted by molar-refractivity contribution is 0.285. The predicted octanol–water partition coefficient (Wildman–Crippen LogP) is 0.801. The summed E-state index contributed by atoms with van der Waals surface area (Å²) < 4.78 is 11.6. The van der Waals surface area contributed by atoms with Crippen LogP contribution in [-0.2, 0) is 0 Å². The first-order valence-corrected chi connectivity index (χ1v) is 3.00. The van der Waals surface area contributed by atoms with Gasteiger partial charge in [-0.05, 0) is 6.54 Å². The van der Waals surface area contributed by atoms with E-state index < -0.39 is 0 Å². The van der Waals surface area contributed by atoms with Crippen LogP contribution in [0.25, 0.3) is 0 Å². The second-order valence-electron chi connectivity index (χ2n) is 1.72. The number of nitriles is 1. The van der Waals surface area contributed by atoms with Crippen molar-refractivity contribution < 1.29 is 4.39 Å². The Morgan fingerprint density at radius 2 is 2.33 bits per heavy atom. The SMILES string of the molecule is CCN(CC#N)CCF. The smallest absolute Gasteiger partial charge is 0.102 e. The fourth-order valence-electron chi connectivity index (χ4n) is 0.568. The third kappa shape index (κ3) is 3.92. The highest BCUT2D eigenvalue weighted by molar-refractivity contribution is 4.75. The number of nitrogens with zero attached hydrogens (tertiary/aromatic N) is 2. The third-order valence-corrected chi connectivity index (χ3v) is 1.14. The molecular weight excluding hydrogens is 119 g/mol. The summed E-state index contributed by atoms with van der Waals surface area (Å²) in [7, 11) is 0. The molecule has 0 N–H and O–H groups in total. The average molecular weight is 130 g/mol. The van der Waals surface area contributed by atoms with E-state index in [0.717, 1.165) is 6.54 Å². The van der Waals surface area contributed by atoms with E-state index in [9.17, 15) is 4.39 Å². The summed E-state index contributed by atoms with van der Waals surface area (Å²) in [6, 6.07) is 1.96. The number of alkyl halides is 1. The van der Waals surface area contributed by atoms with Crippen molar-refractivity contribution in [3.8, 4) is 6.07 Å². The van der Waals surface area contributed by atoms with E-state index in [0.29, 0.717) is 13.1 Å². The molecule has 0 saturated heterocycles. The normalized spacial score (nSPS) is 9.56. The molecule has 0 fully saturated rings. The molecule has 0 saturated carbocycles. The molecule has 0 aliphatic rings. The lowest BCUT2D eigenvalue weighted by Crippen LogP contribution is -2.25. The van der Waals surface area contributed by atoms with Gasteiger partial charge in [-0.15, -0.1) is 0 Å². The first-order chi connectivity index (χ1) is 4.35. The van der Waals surface area contributed by atoms with Crippen LogP contribution in [0, 0.1) is 11.3 Å². The van der Waals surface area contributed by atoms with E-state index >= 15 is 0 Å². The molecule has 0 aliphatic heterocycles. The molecular formula is C6H11FN2. The summed E-state index contributed by atoms with van der Waals surface area (Å²) in [5, 5.41) is 8.18. The molecule has 0 radical (unpaired) electrons. The Morgan fingerprint density at radius 1 is 1.67 bits per heavy atom. The minimum Gasteiger partial charge on any atom is -0.288 e. The Bertz CT molecular complexity index is 97.7. The van der Waals surface area contributed by atoms with Crippen LogP contribution in [0.5, 0.6) is 0 Å². The van der Waals surface area contributed by atoms with Crippen LogP contribution < -0.4 is 0 Å². The zero-order valence-corrected chi connectivity index (χ0v) is 5.60. The van der Waals surface area contributed by atoms with Gasteiger partial charge in [-0.2, -0.15) is 5.26 Å². The fraction of sp³-hybridized carbons (Fsp3) is 0.833.